The summed E-state index contributed by atoms with van der Waals surface area (Å²) in [6, 6.07) is 0. The van der Waals surface area contributed by atoms with Gasteiger partial charge in [0.05, 0.1) is 13.2 Å². The Hall–Kier alpha value is -1.51. The lowest BCUT2D eigenvalue weighted by molar-refractivity contribution is -0.161. The van der Waals surface area contributed by atoms with E-state index in [0.29, 0.717) is 6.42 Å². The first-order chi connectivity index (χ1) is 20.3. The quantitative estimate of drug-likeness (QED) is 0.0355. The van der Waals surface area contributed by atoms with Crippen molar-refractivity contribution < 1.29 is 37.6 Å². The van der Waals surface area contributed by atoms with Crippen LogP contribution in [0.3, 0.4) is 0 Å². The van der Waals surface area contributed by atoms with Gasteiger partial charge in [0, 0.05) is 19.4 Å². The van der Waals surface area contributed by atoms with Gasteiger partial charge in [-0.15, -0.1) is 0 Å². The fraction of sp³-hybridized carbons (Fsp3) is 0.812. The van der Waals surface area contributed by atoms with Crippen molar-refractivity contribution in [3.8, 4) is 0 Å². The van der Waals surface area contributed by atoms with Gasteiger partial charge < -0.3 is 20.1 Å². The summed E-state index contributed by atoms with van der Waals surface area (Å²) in [6.45, 7) is 3.59. The summed E-state index contributed by atoms with van der Waals surface area (Å²) < 4.78 is 32.3. The number of phosphoric acid groups is 1. The maximum absolute atomic E-state index is 12.4. The first-order valence-electron chi connectivity index (χ1n) is 16.3. The predicted octanol–water partition coefficient (Wildman–Crippen LogP) is 8.10. The number of unbranched alkanes of at least 4 members (excludes halogenated alkanes) is 13. The van der Waals surface area contributed by atoms with E-state index >= 15 is 0 Å². The molecule has 0 amide bonds. The number of phosphoric ester groups is 1. The molecule has 0 aliphatic heterocycles. The summed E-state index contributed by atoms with van der Waals surface area (Å²) in [6.07, 6.45) is 26.6. The van der Waals surface area contributed by atoms with Gasteiger partial charge in [-0.25, -0.2) is 4.57 Å². The van der Waals surface area contributed by atoms with Crippen molar-refractivity contribution in [2.24, 2.45) is 5.73 Å². The zero-order valence-electron chi connectivity index (χ0n) is 26.5. The number of hydrogen-bond acceptors (Lipinski definition) is 8. The van der Waals surface area contributed by atoms with E-state index < -0.39 is 32.5 Å². The average Bonchev–Trinajstić information content (AvgIpc) is 2.97. The van der Waals surface area contributed by atoms with Crippen LogP contribution in [0.4, 0.5) is 0 Å². The topological polar surface area (TPSA) is 134 Å². The fourth-order valence-corrected chi connectivity index (χ4v) is 4.90. The summed E-state index contributed by atoms with van der Waals surface area (Å²) in [4.78, 5) is 34.3. The van der Waals surface area contributed by atoms with E-state index in [1.807, 2.05) is 0 Å². The Kier molecular flexibility index (Phi) is 28.5. The molecule has 0 aromatic carbocycles. The average molecular weight is 618 g/mol. The van der Waals surface area contributed by atoms with Gasteiger partial charge in [0.1, 0.15) is 6.61 Å². The van der Waals surface area contributed by atoms with Crippen LogP contribution in [-0.4, -0.2) is 49.3 Å². The molecule has 0 rings (SSSR count). The van der Waals surface area contributed by atoms with E-state index in [0.717, 1.165) is 70.6 Å². The maximum atomic E-state index is 12.4. The van der Waals surface area contributed by atoms with Gasteiger partial charge in [0.15, 0.2) is 6.10 Å². The number of hydrogen-bond donors (Lipinski definition) is 2. The van der Waals surface area contributed by atoms with Gasteiger partial charge in [0.25, 0.3) is 0 Å². The Morgan fingerprint density at radius 3 is 1.86 bits per heavy atom. The molecule has 0 fully saturated rings. The summed E-state index contributed by atoms with van der Waals surface area (Å²) in [5, 5.41) is 0. The molecular weight excluding hydrogens is 557 g/mol. The molecular formula is C32H60NO8P. The Morgan fingerprint density at radius 1 is 0.714 bits per heavy atom. The molecule has 0 bridgehead atoms. The lowest BCUT2D eigenvalue weighted by Crippen LogP contribution is -2.29. The number of nitrogens with two attached hydrogens (primary N) is 1. The highest BCUT2D eigenvalue weighted by atomic mass is 31.2. The lowest BCUT2D eigenvalue weighted by atomic mass is 10.1. The number of rotatable bonds is 30. The molecule has 2 unspecified atom stereocenters. The van der Waals surface area contributed by atoms with Crippen LogP contribution in [0.5, 0.6) is 0 Å². The lowest BCUT2D eigenvalue weighted by Gasteiger charge is -2.19. The van der Waals surface area contributed by atoms with Gasteiger partial charge in [0.2, 0.25) is 0 Å². The first kappa shape index (κ1) is 40.5. The molecule has 0 heterocycles. The van der Waals surface area contributed by atoms with E-state index in [2.05, 4.69) is 38.2 Å². The second kappa shape index (κ2) is 29.6. The van der Waals surface area contributed by atoms with Gasteiger partial charge in [-0.05, 0) is 44.9 Å². The fourth-order valence-electron chi connectivity index (χ4n) is 4.13. The summed E-state index contributed by atoms with van der Waals surface area (Å²) in [5.74, 6) is -0.858. The number of allylic oxidation sites excluding steroid dienone is 4. The molecule has 0 radical (unpaired) electrons. The second-order valence-electron chi connectivity index (χ2n) is 10.7. The minimum absolute atomic E-state index is 0.0515. The van der Waals surface area contributed by atoms with Crippen LogP contribution < -0.4 is 5.73 Å². The molecule has 3 N–H and O–H groups in total. The third-order valence-corrected chi connectivity index (χ3v) is 7.57. The first-order valence-corrected chi connectivity index (χ1v) is 17.8. The minimum Gasteiger partial charge on any atom is -0.462 e. The van der Waals surface area contributed by atoms with Crippen molar-refractivity contribution in [2.75, 3.05) is 26.4 Å². The zero-order valence-corrected chi connectivity index (χ0v) is 27.4. The van der Waals surface area contributed by atoms with Crippen molar-refractivity contribution in [1.82, 2.24) is 0 Å². The molecule has 42 heavy (non-hydrogen) atoms. The molecule has 10 heteroatoms. The monoisotopic (exact) mass is 617 g/mol. The van der Waals surface area contributed by atoms with Crippen molar-refractivity contribution in [2.45, 2.75) is 142 Å². The van der Waals surface area contributed by atoms with Gasteiger partial charge in [-0.3, -0.25) is 18.6 Å². The Balaban J connectivity index is 4.27. The Labute approximate surface area is 255 Å². The van der Waals surface area contributed by atoms with E-state index in [4.69, 9.17) is 24.3 Å². The number of carbonyl (C=O) groups is 2. The van der Waals surface area contributed by atoms with Crippen LogP contribution in [0.15, 0.2) is 24.3 Å². The third kappa shape index (κ3) is 28.6. The second-order valence-corrected chi connectivity index (χ2v) is 12.1. The largest absolute Gasteiger partial charge is 0.472 e. The molecule has 0 aliphatic carbocycles. The van der Waals surface area contributed by atoms with Crippen molar-refractivity contribution >= 4 is 19.8 Å². The molecule has 0 saturated carbocycles. The maximum Gasteiger partial charge on any atom is 0.472 e. The van der Waals surface area contributed by atoms with Crippen molar-refractivity contribution in [3.05, 3.63) is 24.3 Å². The number of ether oxygens (including phenoxy) is 2. The third-order valence-electron chi connectivity index (χ3n) is 6.59. The number of carbonyl (C=O) groups excluding carboxylic acids is 2. The minimum atomic E-state index is -4.36. The Morgan fingerprint density at radius 2 is 1.24 bits per heavy atom. The molecule has 246 valence electrons. The highest BCUT2D eigenvalue weighted by Crippen LogP contribution is 2.43. The van der Waals surface area contributed by atoms with E-state index in [-0.39, 0.29) is 32.6 Å². The predicted molar refractivity (Wildman–Crippen MR) is 169 cm³/mol. The van der Waals surface area contributed by atoms with Crippen LogP contribution in [-0.2, 0) is 32.7 Å². The summed E-state index contributed by atoms with van der Waals surface area (Å²) in [7, 11) is -4.36. The normalized spacial score (nSPS) is 13.9. The van der Waals surface area contributed by atoms with E-state index in [1.165, 1.54) is 32.1 Å². The van der Waals surface area contributed by atoms with Gasteiger partial charge >= 0.3 is 19.8 Å². The van der Waals surface area contributed by atoms with Crippen LogP contribution >= 0.6 is 7.82 Å². The SMILES string of the molecule is CCCCC/C=C\C/C=C\CCCCCCCC(=O)OC(COC(=O)CCCCCCCC)COP(=O)(O)OCCN. The van der Waals surface area contributed by atoms with Gasteiger partial charge in [-0.2, -0.15) is 0 Å². The van der Waals surface area contributed by atoms with Crippen LogP contribution in [0.1, 0.15) is 136 Å². The molecule has 0 aliphatic rings. The zero-order chi connectivity index (χ0) is 31.2. The van der Waals surface area contributed by atoms with Crippen molar-refractivity contribution in [3.63, 3.8) is 0 Å². The van der Waals surface area contributed by atoms with Crippen LogP contribution in [0, 0.1) is 0 Å². The smallest absolute Gasteiger partial charge is 0.462 e. The molecule has 9 nitrogen and oxygen atoms in total. The van der Waals surface area contributed by atoms with E-state index in [9.17, 15) is 19.0 Å². The van der Waals surface area contributed by atoms with Crippen molar-refractivity contribution in [1.29, 1.82) is 0 Å². The highest BCUT2D eigenvalue weighted by Gasteiger charge is 2.25. The summed E-state index contributed by atoms with van der Waals surface area (Å²) >= 11 is 0. The summed E-state index contributed by atoms with van der Waals surface area (Å²) in [5.41, 5.74) is 5.30. The van der Waals surface area contributed by atoms with E-state index in [1.54, 1.807) is 0 Å². The van der Waals surface area contributed by atoms with Crippen LogP contribution in [0.25, 0.3) is 0 Å². The van der Waals surface area contributed by atoms with Gasteiger partial charge in [-0.1, -0.05) is 102 Å². The standard InChI is InChI=1S/C32H60NO8P/c1-3-5-7-9-11-12-13-14-15-16-17-18-19-21-23-25-32(35)41-30(29-40-42(36,37)39-27-26-33)28-38-31(34)24-22-20-10-8-6-4-2/h11-12,14-15,30H,3-10,13,16-29,33H2,1-2H3,(H,36,37)/b12-11-,15-14-. The molecule has 0 spiro atoms. The Bertz CT molecular complexity index is 759. The molecule has 2 atom stereocenters. The molecule has 0 saturated heterocycles. The van der Waals surface area contributed by atoms with Crippen LogP contribution in [0.2, 0.25) is 0 Å². The highest BCUT2D eigenvalue weighted by molar-refractivity contribution is 7.47. The molecule has 0 aromatic rings. The molecule has 0 aromatic heterocycles. The number of esters is 2.